The van der Waals surface area contributed by atoms with Crippen LogP contribution in [0.4, 0.5) is 0 Å². The van der Waals surface area contributed by atoms with Gasteiger partial charge in [-0.3, -0.25) is 14.4 Å². The summed E-state index contributed by atoms with van der Waals surface area (Å²) >= 11 is 0. The quantitative estimate of drug-likeness (QED) is 0.814. The molecule has 0 aromatic carbocycles. The molecule has 0 aromatic rings. The van der Waals surface area contributed by atoms with Crippen LogP contribution in [-0.4, -0.2) is 59.4 Å². The lowest BCUT2D eigenvalue weighted by molar-refractivity contribution is -0.145. The molecule has 1 aliphatic carbocycles. The van der Waals surface area contributed by atoms with Crippen molar-refractivity contribution in [3.8, 4) is 0 Å². The van der Waals surface area contributed by atoms with Gasteiger partial charge in [-0.05, 0) is 25.7 Å². The third-order valence-corrected chi connectivity index (χ3v) is 4.43. The molecule has 1 aliphatic heterocycles. The first-order valence-electron chi connectivity index (χ1n) is 7.66. The Morgan fingerprint density at radius 3 is 2.19 bits per heavy atom. The second-order valence-corrected chi connectivity index (χ2v) is 6.33. The lowest BCUT2D eigenvalue weighted by Gasteiger charge is -2.33. The van der Waals surface area contributed by atoms with Crippen molar-refractivity contribution < 1.29 is 19.5 Å². The van der Waals surface area contributed by atoms with Gasteiger partial charge in [0.25, 0.3) is 0 Å². The fraction of sp³-hybridized carbons (Fsp3) is 0.800. The number of rotatable bonds is 5. The number of carbonyl (C=O) groups excluding carboxylic acids is 2. The zero-order valence-corrected chi connectivity index (χ0v) is 12.7. The highest BCUT2D eigenvalue weighted by Gasteiger charge is 2.36. The normalized spacial score (nSPS) is 21.0. The first-order chi connectivity index (χ1) is 9.90. The lowest BCUT2D eigenvalue weighted by atomic mass is 9.94. The fourth-order valence-corrected chi connectivity index (χ4v) is 2.83. The molecule has 1 heterocycles. The SMILES string of the molecule is CC(CN(C)C(=O)C1CCN(C(=O)C2CC2)CC1)C(=O)O. The fourth-order valence-electron chi connectivity index (χ4n) is 2.83. The predicted molar refractivity (Wildman–Crippen MR) is 76.5 cm³/mol. The van der Waals surface area contributed by atoms with Crippen molar-refractivity contribution in [1.29, 1.82) is 0 Å². The minimum atomic E-state index is -0.889. The third kappa shape index (κ3) is 3.95. The van der Waals surface area contributed by atoms with Crippen LogP contribution >= 0.6 is 0 Å². The Balaban J connectivity index is 1.79. The number of carboxylic acids is 1. The van der Waals surface area contributed by atoms with E-state index >= 15 is 0 Å². The van der Waals surface area contributed by atoms with Crippen LogP contribution in [0.1, 0.15) is 32.6 Å². The number of nitrogens with zero attached hydrogens (tertiary/aromatic N) is 2. The van der Waals surface area contributed by atoms with E-state index < -0.39 is 11.9 Å². The summed E-state index contributed by atoms with van der Waals surface area (Å²) in [7, 11) is 1.66. The molecule has 1 atom stereocenters. The molecule has 2 aliphatic rings. The topological polar surface area (TPSA) is 77.9 Å². The Kier molecular flexibility index (Phi) is 4.85. The van der Waals surface area contributed by atoms with Crippen LogP contribution in [0.15, 0.2) is 0 Å². The van der Waals surface area contributed by atoms with Crippen molar-refractivity contribution >= 4 is 17.8 Å². The Hall–Kier alpha value is -1.59. The number of piperidine rings is 1. The zero-order valence-electron chi connectivity index (χ0n) is 12.7. The van der Waals surface area contributed by atoms with Gasteiger partial charge in [-0.25, -0.2) is 0 Å². The van der Waals surface area contributed by atoms with Crippen molar-refractivity contribution in [3.63, 3.8) is 0 Å². The monoisotopic (exact) mass is 296 g/mol. The molecule has 0 aromatic heterocycles. The molecule has 1 unspecified atom stereocenters. The van der Waals surface area contributed by atoms with Gasteiger partial charge in [-0.1, -0.05) is 6.92 Å². The molecule has 0 radical (unpaired) electrons. The molecule has 0 spiro atoms. The minimum absolute atomic E-state index is 0.00150. The molecular formula is C15H24N2O4. The van der Waals surface area contributed by atoms with Gasteiger partial charge in [0.1, 0.15) is 0 Å². The van der Waals surface area contributed by atoms with Gasteiger partial charge in [0.05, 0.1) is 5.92 Å². The summed E-state index contributed by atoms with van der Waals surface area (Å²) in [5.41, 5.74) is 0. The van der Waals surface area contributed by atoms with Crippen LogP contribution in [0.2, 0.25) is 0 Å². The van der Waals surface area contributed by atoms with E-state index in [4.69, 9.17) is 5.11 Å². The third-order valence-electron chi connectivity index (χ3n) is 4.43. The maximum absolute atomic E-state index is 12.3. The van der Waals surface area contributed by atoms with E-state index in [1.54, 1.807) is 14.0 Å². The molecule has 6 heteroatoms. The molecule has 1 saturated heterocycles. The van der Waals surface area contributed by atoms with Crippen molar-refractivity contribution in [1.82, 2.24) is 9.80 Å². The largest absolute Gasteiger partial charge is 0.481 e. The van der Waals surface area contributed by atoms with E-state index in [1.165, 1.54) is 4.90 Å². The number of carbonyl (C=O) groups is 3. The summed E-state index contributed by atoms with van der Waals surface area (Å²) in [6.45, 7) is 3.13. The predicted octanol–water partition coefficient (Wildman–Crippen LogP) is 0.814. The van der Waals surface area contributed by atoms with Crippen LogP contribution in [0.5, 0.6) is 0 Å². The highest BCUT2D eigenvalue weighted by atomic mass is 16.4. The molecule has 1 N–H and O–H groups in total. The van der Waals surface area contributed by atoms with Crippen LogP contribution in [0.25, 0.3) is 0 Å². The average Bonchev–Trinajstić information content (AvgIpc) is 3.30. The second-order valence-electron chi connectivity index (χ2n) is 6.33. The Morgan fingerprint density at radius 1 is 1.14 bits per heavy atom. The van der Waals surface area contributed by atoms with Gasteiger partial charge in [-0.2, -0.15) is 0 Å². The summed E-state index contributed by atoms with van der Waals surface area (Å²) in [6, 6.07) is 0. The summed E-state index contributed by atoms with van der Waals surface area (Å²) < 4.78 is 0. The number of hydrogen-bond acceptors (Lipinski definition) is 3. The Labute approximate surface area is 125 Å². The highest BCUT2D eigenvalue weighted by molar-refractivity contribution is 5.82. The smallest absolute Gasteiger partial charge is 0.308 e. The van der Waals surface area contributed by atoms with E-state index in [9.17, 15) is 14.4 Å². The van der Waals surface area contributed by atoms with E-state index in [1.807, 2.05) is 4.90 Å². The number of aliphatic carboxylic acids is 1. The van der Waals surface area contributed by atoms with Crippen molar-refractivity contribution in [2.24, 2.45) is 17.8 Å². The molecule has 2 fully saturated rings. The summed E-state index contributed by atoms with van der Waals surface area (Å²) in [5.74, 6) is -1.05. The number of hydrogen-bond donors (Lipinski definition) is 1. The van der Waals surface area contributed by atoms with Gasteiger partial charge in [0, 0.05) is 38.5 Å². The molecular weight excluding hydrogens is 272 g/mol. The van der Waals surface area contributed by atoms with Crippen molar-refractivity contribution in [2.45, 2.75) is 32.6 Å². The molecule has 21 heavy (non-hydrogen) atoms. The van der Waals surface area contributed by atoms with Gasteiger partial charge >= 0.3 is 5.97 Å². The van der Waals surface area contributed by atoms with Gasteiger partial charge in [0.15, 0.2) is 0 Å². The Bertz CT molecular complexity index is 425. The number of amides is 2. The van der Waals surface area contributed by atoms with Crippen LogP contribution in [0, 0.1) is 17.8 Å². The minimum Gasteiger partial charge on any atom is -0.481 e. The second kappa shape index (κ2) is 6.45. The van der Waals surface area contributed by atoms with Crippen molar-refractivity contribution in [3.05, 3.63) is 0 Å². The number of likely N-dealkylation sites (tertiary alicyclic amines) is 1. The molecule has 0 bridgehead atoms. The average molecular weight is 296 g/mol. The van der Waals surface area contributed by atoms with Crippen molar-refractivity contribution in [2.75, 3.05) is 26.7 Å². The number of carboxylic acid groups (broad SMARTS) is 1. The summed E-state index contributed by atoms with van der Waals surface area (Å²) in [6.07, 6.45) is 3.38. The van der Waals surface area contributed by atoms with Crippen LogP contribution < -0.4 is 0 Å². The van der Waals surface area contributed by atoms with Crippen LogP contribution in [0.3, 0.4) is 0 Å². The molecule has 2 amide bonds. The first kappa shape index (κ1) is 15.8. The maximum Gasteiger partial charge on any atom is 0.308 e. The molecule has 1 saturated carbocycles. The molecule has 118 valence electrons. The summed E-state index contributed by atoms with van der Waals surface area (Å²) in [4.78, 5) is 38.5. The van der Waals surface area contributed by atoms with E-state index in [2.05, 4.69) is 0 Å². The Morgan fingerprint density at radius 2 is 1.71 bits per heavy atom. The van der Waals surface area contributed by atoms with E-state index in [-0.39, 0.29) is 30.2 Å². The molecule has 6 nitrogen and oxygen atoms in total. The van der Waals surface area contributed by atoms with E-state index in [0.29, 0.717) is 25.9 Å². The summed E-state index contributed by atoms with van der Waals surface area (Å²) in [5, 5.41) is 8.89. The van der Waals surface area contributed by atoms with Gasteiger partial charge in [0.2, 0.25) is 11.8 Å². The van der Waals surface area contributed by atoms with Gasteiger partial charge in [-0.15, -0.1) is 0 Å². The zero-order chi connectivity index (χ0) is 15.6. The van der Waals surface area contributed by atoms with Crippen LogP contribution in [-0.2, 0) is 14.4 Å². The highest BCUT2D eigenvalue weighted by Crippen LogP contribution is 2.32. The lowest BCUT2D eigenvalue weighted by Crippen LogP contribution is -2.45. The standard InChI is InChI=1S/C15H24N2O4/c1-10(15(20)21)9-16(2)13(18)12-5-7-17(8-6-12)14(19)11-3-4-11/h10-12H,3-9H2,1-2H3,(H,20,21). The van der Waals surface area contributed by atoms with E-state index in [0.717, 1.165) is 12.8 Å². The molecule has 2 rings (SSSR count). The van der Waals surface area contributed by atoms with Gasteiger partial charge < -0.3 is 14.9 Å². The maximum atomic E-state index is 12.3. The first-order valence-corrected chi connectivity index (χ1v) is 7.66.